The van der Waals surface area contributed by atoms with Crippen LogP contribution >= 0.6 is 15.9 Å². The number of nitrogens with one attached hydrogen (secondary N) is 1. The number of rotatable bonds is 2. The summed E-state index contributed by atoms with van der Waals surface area (Å²) in [7, 11) is 0. The van der Waals surface area contributed by atoms with E-state index in [1.54, 1.807) is 0 Å². The highest BCUT2D eigenvalue weighted by Crippen LogP contribution is 2.38. The summed E-state index contributed by atoms with van der Waals surface area (Å²) in [6, 6.07) is 4.87. The summed E-state index contributed by atoms with van der Waals surface area (Å²) >= 11 is 2.99. The Bertz CT molecular complexity index is 636. The lowest BCUT2D eigenvalue weighted by molar-refractivity contribution is -0.137. The SMILES string of the molecule is NC(=O)c1cc(-c2ccc(Br)cc2C(F)(F)F)n[nH]1. The molecule has 0 atom stereocenters. The third-order valence-electron chi connectivity index (χ3n) is 2.41. The Morgan fingerprint density at radius 3 is 2.53 bits per heavy atom. The first-order valence-electron chi connectivity index (χ1n) is 5.01. The first kappa shape index (κ1) is 13.6. The van der Waals surface area contributed by atoms with E-state index in [-0.39, 0.29) is 17.0 Å². The van der Waals surface area contributed by atoms with E-state index in [0.717, 1.165) is 6.07 Å². The molecule has 0 saturated heterocycles. The summed E-state index contributed by atoms with van der Waals surface area (Å²) in [6.45, 7) is 0. The topological polar surface area (TPSA) is 71.8 Å². The molecule has 19 heavy (non-hydrogen) atoms. The molecular formula is C11H7BrF3N3O. The molecule has 0 bridgehead atoms. The van der Waals surface area contributed by atoms with Gasteiger partial charge in [0.2, 0.25) is 0 Å². The lowest BCUT2D eigenvalue weighted by atomic mass is 10.0. The Morgan fingerprint density at radius 2 is 2.00 bits per heavy atom. The highest BCUT2D eigenvalue weighted by molar-refractivity contribution is 9.10. The van der Waals surface area contributed by atoms with Gasteiger partial charge in [0.05, 0.1) is 11.3 Å². The van der Waals surface area contributed by atoms with Gasteiger partial charge in [-0.25, -0.2) is 0 Å². The molecule has 100 valence electrons. The number of carbonyl (C=O) groups is 1. The second-order valence-corrected chi connectivity index (χ2v) is 4.63. The van der Waals surface area contributed by atoms with Crippen LogP contribution in [0.3, 0.4) is 0 Å². The molecule has 2 aromatic rings. The molecule has 1 aromatic heterocycles. The monoisotopic (exact) mass is 333 g/mol. The smallest absolute Gasteiger partial charge is 0.364 e. The number of hydrogen-bond donors (Lipinski definition) is 2. The van der Waals surface area contributed by atoms with Crippen LogP contribution in [-0.2, 0) is 6.18 Å². The van der Waals surface area contributed by atoms with Gasteiger partial charge in [0.15, 0.2) is 0 Å². The number of halogens is 4. The van der Waals surface area contributed by atoms with Crippen LogP contribution in [0.2, 0.25) is 0 Å². The minimum absolute atomic E-state index is 0.00799. The van der Waals surface area contributed by atoms with Crippen LogP contribution in [0.15, 0.2) is 28.7 Å². The molecular weight excluding hydrogens is 327 g/mol. The average Bonchev–Trinajstić information content (AvgIpc) is 2.77. The summed E-state index contributed by atoms with van der Waals surface area (Å²) in [6.07, 6.45) is -4.52. The highest BCUT2D eigenvalue weighted by atomic mass is 79.9. The van der Waals surface area contributed by atoms with Gasteiger partial charge < -0.3 is 5.73 Å². The standard InChI is InChI=1S/C11H7BrF3N3O/c12-5-1-2-6(7(3-5)11(13,14)15)8-4-9(10(16)19)18-17-8/h1-4H,(H2,16,19)(H,17,18). The predicted molar refractivity (Wildman–Crippen MR) is 65.2 cm³/mol. The van der Waals surface area contributed by atoms with Crippen LogP contribution in [0, 0.1) is 0 Å². The number of carbonyl (C=O) groups excluding carboxylic acids is 1. The van der Waals surface area contributed by atoms with Crippen LogP contribution in [0.1, 0.15) is 16.1 Å². The van der Waals surface area contributed by atoms with Crippen molar-refractivity contribution in [3.63, 3.8) is 0 Å². The Hall–Kier alpha value is -1.83. The first-order valence-corrected chi connectivity index (χ1v) is 5.80. The summed E-state index contributed by atoms with van der Waals surface area (Å²) in [4.78, 5) is 10.9. The normalized spacial score (nSPS) is 11.6. The summed E-state index contributed by atoms with van der Waals surface area (Å²) in [5, 5.41) is 5.96. The van der Waals surface area contributed by atoms with Crippen molar-refractivity contribution in [2.75, 3.05) is 0 Å². The maximum Gasteiger partial charge on any atom is 0.417 e. The molecule has 0 saturated carbocycles. The third-order valence-corrected chi connectivity index (χ3v) is 2.90. The Morgan fingerprint density at radius 1 is 1.32 bits per heavy atom. The van der Waals surface area contributed by atoms with E-state index >= 15 is 0 Å². The maximum atomic E-state index is 12.9. The van der Waals surface area contributed by atoms with Gasteiger partial charge in [-0.1, -0.05) is 22.0 Å². The molecule has 4 nitrogen and oxygen atoms in total. The zero-order chi connectivity index (χ0) is 14.2. The van der Waals surface area contributed by atoms with Gasteiger partial charge in [-0.2, -0.15) is 18.3 Å². The number of nitrogens with zero attached hydrogens (tertiary/aromatic N) is 1. The van der Waals surface area contributed by atoms with Gasteiger partial charge in [0, 0.05) is 10.0 Å². The van der Waals surface area contributed by atoms with E-state index in [9.17, 15) is 18.0 Å². The molecule has 1 amide bonds. The lowest BCUT2D eigenvalue weighted by Gasteiger charge is -2.11. The predicted octanol–water partition coefficient (Wildman–Crippen LogP) is 2.96. The maximum absolute atomic E-state index is 12.9. The zero-order valence-corrected chi connectivity index (χ0v) is 10.8. The quantitative estimate of drug-likeness (QED) is 0.886. The molecule has 0 aliphatic carbocycles. The number of alkyl halides is 3. The number of hydrogen-bond acceptors (Lipinski definition) is 2. The van der Waals surface area contributed by atoms with E-state index in [4.69, 9.17) is 5.73 Å². The molecule has 0 aliphatic rings. The van der Waals surface area contributed by atoms with Gasteiger partial charge >= 0.3 is 6.18 Å². The molecule has 0 aliphatic heterocycles. The fraction of sp³-hybridized carbons (Fsp3) is 0.0909. The molecule has 0 fully saturated rings. The molecule has 3 N–H and O–H groups in total. The van der Waals surface area contributed by atoms with Gasteiger partial charge in [0.1, 0.15) is 5.69 Å². The summed E-state index contributed by atoms with van der Waals surface area (Å²) < 4.78 is 39.1. The lowest BCUT2D eigenvalue weighted by Crippen LogP contribution is -2.11. The molecule has 0 unspecified atom stereocenters. The average molecular weight is 334 g/mol. The van der Waals surface area contributed by atoms with Crippen molar-refractivity contribution in [1.82, 2.24) is 10.2 Å². The number of nitrogens with two attached hydrogens (primary N) is 1. The fourth-order valence-corrected chi connectivity index (χ4v) is 1.92. The van der Waals surface area contributed by atoms with E-state index < -0.39 is 17.6 Å². The van der Waals surface area contributed by atoms with Crippen LogP contribution < -0.4 is 5.73 Å². The van der Waals surface area contributed by atoms with Crippen molar-refractivity contribution in [1.29, 1.82) is 0 Å². The summed E-state index contributed by atoms with van der Waals surface area (Å²) in [5.41, 5.74) is 4.00. The number of primary amides is 1. The fourth-order valence-electron chi connectivity index (χ4n) is 1.56. The largest absolute Gasteiger partial charge is 0.417 e. The molecule has 2 rings (SSSR count). The number of aromatic nitrogens is 2. The minimum Gasteiger partial charge on any atom is -0.364 e. The van der Waals surface area contributed by atoms with Gasteiger partial charge in [-0.05, 0) is 18.2 Å². The van der Waals surface area contributed by atoms with Crippen LogP contribution in [0.5, 0.6) is 0 Å². The van der Waals surface area contributed by atoms with E-state index in [1.807, 2.05) is 0 Å². The molecule has 0 spiro atoms. The Kier molecular flexibility index (Phi) is 3.36. The van der Waals surface area contributed by atoms with Crippen molar-refractivity contribution in [2.24, 2.45) is 5.73 Å². The van der Waals surface area contributed by atoms with Crippen molar-refractivity contribution in [3.8, 4) is 11.3 Å². The van der Waals surface area contributed by atoms with Gasteiger partial charge in [-0.15, -0.1) is 0 Å². The van der Waals surface area contributed by atoms with Crippen molar-refractivity contribution < 1.29 is 18.0 Å². The number of benzene rings is 1. The van der Waals surface area contributed by atoms with Crippen LogP contribution in [0.4, 0.5) is 13.2 Å². The zero-order valence-electron chi connectivity index (χ0n) is 9.25. The number of H-pyrrole nitrogens is 1. The second-order valence-electron chi connectivity index (χ2n) is 3.72. The number of amides is 1. The number of aromatic amines is 1. The van der Waals surface area contributed by atoms with Crippen molar-refractivity contribution in [3.05, 3.63) is 40.0 Å². The van der Waals surface area contributed by atoms with Crippen LogP contribution in [0.25, 0.3) is 11.3 Å². The molecule has 0 radical (unpaired) electrons. The molecule has 1 aromatic carbocycles. The van der Waals surface area contributed by atoms with Crippen LogP contribution in [-0.4, -0.2) is 16.1 Å². The van der Waals surface area contributed by atoms with Gasteiger partial charge in [-0.3, -0.25) is 9.89 Å². The summed E-state index contributed by atoms with van der Waals surface area (Å²) in [5.74, 6) is -0.788. The minimum atomic E-state index is -4.52. The van der Waals surface area contributed by atoms with Crippen molar-refractivity contribution in [2.45, 2.75) is 6.18 Å². The van der Waals surface area contributed by atoms with E-state index in [2.05, 4.69) is 26.1 Å². The Balaban J connectivity index is 2.58. The van der Waals surface area contributed by atoms with E-state index in [0.29, 0.717) is 4.47 Å². The van der Waals surface area contributed by atoms with E-state index in [1.165, 1.54) is 18.2 Å². The highest BCUT2D eigenvalue weighted by Gasteiger charge is 2.34. The van der Waals surface area contributed by atoms with Crippen molar-refractivity contribution >= 4 is 21.8 Å². The third kappa shape index (κ3) is 2.78. The molecule has 1 heterocycles. The molecule has 8 heteroatoms. The Labute approximate surface area is 113 Å². The first-order chi connectivity index (χ1) is 8.79. The second kappa shape index (κ2) is 4.69. The van der Waals surface area contributed by atoms with Gasteiger partial charge in [0.25, 0.3) is 5.91 Å².